The van der Waals surface area contributed by atoms with Gasteiger partial charge in [-0.25, -0.2) is 4.98 Å². The molecule has 3 aromatic rings. The molecule has 0 aromatic carbocycles. The van der Waals surface area contributed by atoms with Gasteiger partial charge < -0.3 is 4.90 Å². The Morgan fingerprint density at radius 2 is 1.81 bits per heavy atom. The van der Waals surface area contributed by atoms with Gasteiger partial charge in [-0.2, -0.15) is 0 Å². The van der Waals surface area contributed by atoms with Gasteiger partial charge in [0.1, 0.15) is 5.01 Å². The van der Waals surface area contributed by atoms with Gasteiger partial charge in [0.15, 0.2) is 0 Å². The molecule has 1 aliphatic heterocycles. The molecule has 1 aliphatic rings. The van der Waals surface area contributed by atoms with Gasteiger partial charge in [-0.1, -0.05) is 12.1 Å². The lowest BCUT2D eigenvalue weighted by Gasteiger charge is -2.34. The molecule has 26 heavy (non-hydrogen) atoms. The maximum atomic E-state index is 12.4. The number of nitrogens with zero attached hydrogens (tertiary/aromatic N) is 3. The number of hydrogen-bond acceptors (Lipinski definition) is 6. The Morgan fingerprint density at radius 3 is 2.50 bits per heavy atom. The van der Waals surface area contributed by atoms with Crippen LogP contribution in [0.1, 0.15) is 9.88 Å². The molecule has 1 saturated heterocycles. The number of hydrogen-bond donors (Lipinski definition) is 0. The number of aromatic nitrogens is 1. The highest BCUT2D eigenvalue weighted by Gasteiger charge is 2.22. The lowest BCUT2D eigenvalue weighted by Crippen LogP contribution is -2.48. The summed E-state index contributed by atoms with van der Waals surface area (Å²) in [4.78, 5) is 23.9. The Balaban J connectivity index is 0.00000196. The van der Waals surface area contributed by atoms with Crippen LogP contribution < -0.4 is 0 Å². The Labute approximate surface area is 171 Å². The van der Waals surface area contributed by atoms with E-state index in [0.29, 0.717) is 6.42 Å². The molecule has 4 rings (SSSR count). The molecule has 1 fully saturated rings. The molecule has 0 saturated carbocycles. The average Bonchev–Trinajstić information content (AvgIpc) is 3.38. The van der Waals surface area contributed by atoms with Gasteiger partial charge in [0, 0.05) is 36.4 Å². The number of halogens is 1. The van der Waals surface area contributed by atoms with Crippen molar-refractivity contribution in [2.45, 2.75) is 13.0 Å². The molecular weight excluding hydrogens is 406 g/mol. The number of amides is 1. The molecule has 0 unspecified atom stereocenters. The lowest BCUT2D eigenvalue weighted by atomic mass is 10.2. The summed E-state index contributed by atoms with van der Waals surface area (Å²) in [7, 11) is 0. The van der Waals surface area contributed by atoms with Crippen molar-refractivity contribution >= 4 is 52.3 Å². The van der Waals surface area contributed by atoms with Crippen LogP contribution in [0, 0.1) is 0 Å². The van der Waals surface area contributed by atoms with E-state index in [-0.39, 0.29) is 18.3 Å². The van der Waals surface area contributed by atoms with E-state index in [1.54, 1.807) is 34.0 Å². The highest BCUT2D eigenvalue weighted by atomic mass is 35.5. The Kier molecular flexibility index (Phi) is 6.83. The second-order valence-electron chi connectivity index (χ2n) is 6.02. The third-order valence-corrected chi connectivity index (χ3v) is 6.92. The third-order valence-electron chi connectivity index (χ3n) is 4.31. The van der Waals surface area contributed by atoms with Crippen molar-refractivity contribution in [3.63, 3.8) is 0 Å². The van der Waals surface area contributed by atoms with Crippen molar-refractivity contribution in [1.82, 2.24) is 14.8 Å². The normalized spacial score (nSPS) is 15.0. The maximum absolute atomic E-state index is 12.4. The molecule has 4 heterocycles. The highest BCUT2D eigenvalue weighted by molar-refractivity contribution is 7.14. The van der Waals surface area contributed by atoms with Crippen molar-refractivity contribution in [1.29, 1.82) is 0 Å². The van der Waals surface area contributed by atoms with Gasteiger partial charge in [0.05, 0.1) is 23.5 Å². The van der Waals surface area contributed by atoms with Gasteiger partial charge in [-0.3, -0.25) is 9.69 Å². The molecule has 3 aromatic heterocycles. The summed E-state index contributed by atoms with van der Waals surface area (Å²) in [5.74, 6) is 0.247. The van der Waals surface area contributed by atoms with Crippen LogP contribution in [-0.4, -0.2) is 46.9 Å². The SMILES string of the molecule is Cl.O=C(Cc1cccs1)N1CCN(Cc2nc(-c3cccs3)cs2)CC1. The van der Waals surface area contributed by atoms with Crippen LogP contribution >= 0.6 is 46.4 Å². The Bertz CT molecular complexity index is 809. The minimum Gasteiger partial charge on any atom is -0.340 e. The number of thiazole rings is 1. The molecule has 0 atom stereocenters. The van der Waals surface area contributed by atoms with Crippen LogP contribution in [0.4, 0.5) is 0 Å². The number of piperazine rings is 1. The van der Waals surface area contributed by atoms with Crippen LogP contribution in [0.2, 0.25) is 0 Å². The van der Waals surface area contributed by atoms with Gasteiger partial charge >= 0.3 is 0 Å². The zero-order chi connectivity index (χ0) is 17.1. The molecular formula is C18H20ClN3OS3. The van der Waals surface area contributed by atoms with Crippen molar-refractivity contribution in [2.75, 3.05) is 26.2 Å². The zero-order valence-electron chi connectivity index (χ0n) is 14.2. The van der Waals surface area contributed by atoms with E-state index < -0.39 is 0 Å². The monoisotopic (exact) mass is 425 g/mol. The molecule has 0 bridgehead atoms. The van der Waals surface area contributed by atoms with Crippen molar-refractivity contribution < 1.29 is 4.79 Å². The first-order valence-corrected chi connectivity index (χ1v) is 10.9. The van der Waals surface area contributed by atoms with E-state index in [9.17, 15) is 4.79 Å². The van der Waals surface area contributed by atoms with E-state index in [2.05, 4.69) is 27.8 Å². The molecule has 138 valence electrons. The summed E-state index contributed by atoms with van der Waals surface area (Å²) in [5, 5.41) is 7.41. The minimum atomic E-state index is 0. The van der Waals surface area contributed by atoms with E-state index in [4.69, 9.17) is 4.98 Å². The molecule has 0 aliphatic carbocycles. The van der Waals surface area contributed by atoms with Crippen LogP contribution in [0.25, 0.3) is 10.6 Å². The zero-order valence-corrected chi connectivity index (χ0v) is 17.4. The molecule has 1 amide bonds. The van der Waals surface area contributed by atoms with Gasteiger partial charge in [0.2, 0.25) is 5.91 Å². The average molecular weight is 426 g/mol. The topological polar surface area (TPSA) is 36.4 Å². The van der Waals surface area contributed by atoms with Gasteiger partial charge in [-0.05, 0) is 22.9 Å². The molecule has 0 N–H and O–H groups in total. The quantitative estimate of drug-likeness (QED) is 0.613. The summed E-state index contributed by atoms with van der Waals surface area (Å²) >= 11 is 5.11. The van der Waals surface area contributed by atoms with Crippen LogP contribution in [0.15, 0.2) is 40.4 Å². The lowest BCUT2D eigenvalue weighted by molar-refractivity contribution is -0.132. The van der Waals surface area contributed by atoms with Gasteiger partial charge in [-0.15, -0.1) is 46.4 Å². The smallest absolute Gasteiger partial charge is 0.227 e. The first-order valence-electron chi connectivity index (χ1n) is 8.29. The summed E-state index contributed by atoms with van der Waals surface area (Å²) in [6, 6.07) is 8.21. The standard InChI is InChI=1S/C18H19N3OS3.ClH/c22-18(11-14-3-1-9-23-14)21-7-5-20(6-8-21)12-17-19-15(13-25-17)16-4-2-10-24-16;/h1-4,9-10,13H,5-8,11-12H2;1H. The Morgan fingerprint density at radius 1 is 1.04 bits per heavy atom. The summed E-state index contributed by atoms with van der Waals surface area (Å²) < 4.78 is 0. The number of carbonyl (C=O) groups excluding carboxylic acids is 1. The highest BCUT2D eigenvalue weighted by Crippen LogP contribution is 2.26. The van der Waals surface area contributed by atoms with E-state index >= 15 is 0 Å². The van der Waals surface area contributed by atoms with Crippen molar-refractivity contribution in [2.24, 2.45) is 0 Å². The predicted molar refractivity (Wildman–Crippen MR) is 113 cm³/mol. The third kappa shape index (κ3) is 4.72. The summed E-state index contributed by atoms with van der Waals surface area (Å²) in [6.07, 6.45) is 0.536. The Hall–Kier alpha value is -1.25. The fraction of sp³-hybridized carbons (Fsp3) is 0.333. The molecule has 0 radical (unpaired) electrons. The molecule has 0 spiro atoms. The number of rotatable bonds is 5. The van der Waals surface area contributed by atoms with Gasteiger partial charge in [0.25, 0.3) is 0 Å². The first kappa shape index (κ1) is 19.5. The second-order valence-corrected chi connectivity index (χ2v) is 8.94. The molecule has 4 nitrogen and oxygen atoms in total. The number of thiophene rings is 2. The second kappa shape index (κ2) is 9.10. The maximum Gasteiger partial charge on any atom is 0.227 e. The van der Waals surface area contributed by atoms with E-state index in [1.807, 2.05) is 22.4 Å². The van der Waals surface area contributed by atoms with Crippen molar-refractivity contribution in [3.05, 3.63) is 50.3 Å². The van der Waals surface area contributed by atoms with Crippen LogP contribution in [-0.2, 0) is 17.8 Å². The molecule has 8 heteroatoms. The van der Waals surface area contributed by atoms with Crippen LogP contribution in [0.5, 0.6) is 0 Å². The fourth-order valence-electron chi connectivity index (χ4n) is 2.94. The van der Waals surface area contributed by atoms with E-state index in [1.165, 1.54) is 4.88 Å². The fourth-order valence-corrected chi connectivity index (χ4v) is 5.23. The van der Waals surface area contributed by atoms with E-state index in [0.717, 1.165) is 48.3 Å². The van der Waals surface area contributed by atoms with Crippen LogP contribution in [0.3, 0.4) is 0 Å². The number of carbonyl (C=O) groups is 1. The van der Waals surface area contributed by atoms with Crippen molar-refractivity contribution in [3.8, 4) is 10.6 Å². The first-order chi connectivity index (χ1) is 12.3. The summed E-state index contributed by atoms with van der Waals surface area (Å²) in [6.45, 7) is 4.35. The minimum absolute atomic E-state index is 0. The largest absolute Gasteiger partial charge is 0.340 e. The predicted octanol–water partition coefficient (Wildman–Crippen LogP) is 4.24. The summed E-state index contributed by atoms with van der Waals surface area (Å²) in [5.41, 5.74) is 1.08.